The highest BCUT2D eigenvalue weighted by molar-refractivity contribution is 9.10. The summed E-state index contributed by atoms with van der Waals surface area (Å²) in [7, 11) is 0. The third-order valence-electron chi connectivity index (χ3n) is 4.62. The van der Waals surface area contributed by atoms with E-state index < -0.39 is 0 Å². The summed E-state index contributed by atoms with van der Waals surface area (Å²) in [5, 5.41) is 0. The van der Waals surface area contributed by atoms with Crippen molar-refractivity contribution >= 4 is 55.2 Å². The lowest BCUT2D eigenvalue weighted by Crippen LogP contribution is -2.36. The van der Waals surface area contributed by atoms with Gasteiger partial charge in [0, 0.05) is 29.4 Å². The maximum atomic E-state index is 12.8. The van der Waals surface area contributed by atoms with Gasteiger partial charge in [-0.15, -0.1) is 0 Å². The summed E-state index contributed by atoms with van der Waals surface area (Å²) in [6, 6.07) is 10.1. The van der Waals surface area contributed by atoms with Crippen molar-refractivity contribution in [3.8, 4) is 0 Å². The highest BCUT2D eigenvalue weighted by Gasteiger charge is 2.13. The summed E-state index contributed by atoms with van der Waals surface area (Å²) < 4.78 is 8.49. The van der Waals surface area contributed by atoms with Crippen molar-refractivity contribution in [2.24, 2.45) is 0 Å². The summed E-state index contributed by atoms with van der Waals surface area (Å²) in [6.45, 7) is 3.35. The number of nitrogens with zero attached hydrogens (tertiary/aromatic N) is 4. The van der Waals surface area contributed by atoms with Gasteiger partial charge in [0.05, 0.1) is 17.7 Å². The zero-order chi connectivity index (χ0) is 18.4. The molecule has 0 radical (unpaired) electrons. The predicted octanol–water partition coefficient (Wildman–Crippen LogP) is 2.45. The molecule has 1 aliphatic heterocycles. The van der Waals surface area contributed by atoms with Crippen LogP contribution in [0.1, 0.15) is 5.56 Å². The number of hydrogen-bond donors (Lipinski definition) is 0. The Morgan fingerprint density at radius 2 is 1.96 bits per heavy atom. The van der Waals surface area contributed by atoms with Gasteiger partial charge in [0.2, 0.25) is 0 Å². The number of aromatic nitrogens is 3. The number of imidazole rings is 1. The second kappa shape index (κ2) is 6.70. The van der Waals surface area contributed by atoms with E-state index in [1.165, 1.54) is 17.0 Å². The van der Waals surface area contributed by atoms with Gasteiger partial charge in [-0.25, -0.2) is 14.4 Å². The first-order valence-corrected chi connectivity index (χ1v) is 10.2. The van der Waals surface area contributed by atoms with Gasteiger partial charge in [0.1, 0.15) is 5.52 Å². The number of pyridine rings is 1. The van der Waals surface area contributed by atoms with Gasteiger partial charge in [0.15, 0.2) is 10.6 Å². The van der Waals surface area contributed by atoms with Crippen LogP contribution in [0.3, 0.4) is 0 Å². The van der Waals surface area contributed by atoms with Gasteiger partial charge in [-0.1, -0.05) is 23.5 Å². The molecule has 3 aromatic heterocycles. The topological polar surface area (TPSA) is 59.7 Å². The molecule has 4 aromatic rings. The Morgan fingerprint density at radius 3 is 2.74 bits per heavy atom. The molecule has 6 nitrogen and oxygen atoms in total. The fraction of sp³-hybridized carbons (Fsp3) is 0.211. The Bertz CT molecular complexity index is 1240. The van der Waals surface area contributed by atoms with E-state index >= 15 is 0 Å². The molecule has 1 fully saturated rings. The second-order valence-corrected chi connectivity index (χ2v) is 8.26. The Labute approximate surface area is 166 Å². The molecule has 0 spiro atoms. The summed E-state index contributed by atoms with van der Waals surface area (Å²) >= 11 is 4.77. The molecule has 1 saturated heterocycles. The van der Waals surface area contributed by atoms with Gasteiger partial charge >= 0.3 is 0 Å². The first-order chi connectivity index (χ1) is 13.2. The minimum absolute atomic E-state index is 0.0791. The number of halogens is 1. The first-order valence-electron chi connectivity index (χ1n) is 8.60. The number of thiazole rings is 1. The lowest BCUT2D eigenvalue weighted by molar-refractivity contribution is 0.122. The Balaban J connectivity index is 1.53. The molecule has 0 aliphatic carbocycles. The number of rotatable bonds is 2. The van der Waals surface area contributed by atoms with Crippen LogP contribution in [0, 0.1) is 0 Å². The molecular weight excluding hydrogens is 428 g/mol. The Morgan fingerprint density at radius 1 is 1.19 bits per heavy atom. The average molecular weight is 443 g/mol. The maximum Gasteiger partial charge on any atom is 0.276 e. The second-order valence-electron chi connectivity index (χ2n) is 6.33. The summed E-state index contributed by atoms with van der Waals surface area (Å²) in [6.07, 6.45) is 3.59. The van der Waals surface area contributed by atoms with E-state index in [0.717, 1.165) is 36.3 Å². The van der Waals surface area contributed by atoms with E-state index in [2.05, 4.69) is 42.9 Å². The van der Waals surface area contributed by atoms with E-state index in [1.807, 2.05) is 24.3 Å². The highest BCUT2D eigenvalue weighted by atomic mass is 79.9. The largest absolute Gasteiger partial charge is 0.378 e. The SMILES string of the molecule is O=c1/c(=C/c2ccc(N3CCOCC3)cc2)sc2nc3cc(Br)cnc3n12. The van der Waals surface area contributed by atoms with Gasteiger partial charge < -0.3 is 9.64 Å². The van der Waals surface area contributed by atoms with Gasteiger partial charge in [-0.2, -0.15) is 0 Å². The average Bonchev–Trinajstić information content (AvgIpc) is 3.19. The van der Waals surface area contributed by atoms with Gasteiger partial charge in [-0.05, 0) is 45.8 Å². The Kier molecular flexibility index (Phi) is 4.18. The standard InChI is InChI=1S/C19H15BrN4O2S/c20-13-10-15-17(21-11-13)24-18(25)16(27-19(24)22-15)9-12-1-3-14(4-2-12)23-5-7-26-8-6-23/h1-4,9-11H,5-8H2/b16-9-. The molecule has 0 atom stereocenters. The number of hydrogen-bond acceptors (Lipinski definition) is 6. The molecule has 0 saturated carbocycles. The maximum absolute atomic E-state index is 12.8. The number of anilines is 1. The third kappa shape index (κ3) is 3.03. The molecule has 0 N–H and O–H groups in total. The van der Waals surface area contributed by atoms with E-state index in [1.54, 1.807) is 10.6 Å². The molecule has 1 aliphatic rings. The van der Waals surface area contributed by atoms with Crippen LogP contribution in [0.5, 0.6) is 0 Å². The first kappa shape index (κ1) is 16.9. The van der Waals surface area contributed by atoms with Crippen molar-refractivity contribution in [1.29, 1.82) is 0 Å². The minimum Gasteiger partial charge on any atom is -0.378 e. The monoisotopic (exact) mass is 442 g/mol. The molecule has 0 unspecified atom stereocenters. The zero-order valence-corrected chi connectivity index (χ0v) is 16.7. The van der Waals surface area contributed by atoms with Crippen molar-refractivity contribution in [1.82, 2.24) is 14.4 Å². The van der Waals surface area contributed by atoms with Crippen LogP contribution in [0.2, 0.25) is 0 Å². The van der Waals surface area contributed by atoms with E-state index in [-0.39, 0.29) is 5.56 Å². The lowest BCUT2D eigenvalue weighted by Gasteiger charge is -2.28. The predicted molar refractivity (Wildman–Crippen MR) is 111 cm³/mol. The molecule has 4 heterocycles. The smallest absolute Gasteiger partial charge is 0.276 e. The molecule has 136 valence electrons. The van der Waals surface area contributed by atoms with Crippen LogP contribution in [0.25, 0.3) is 22.2 Å². The molecule has 5 rings (SSSR count). The number of ether oxygens (including phenoxy) is 1. The van der Waals surface area contributed by atoms with Crippen LogP contribution in [0.15, 0.2) is 45.8 Å². The van der Waals surface area contributed by atoms with Crippen LogP contribution in [-0.4, -0.2) is 40.7 Å². The minimum atomic E-state index is -0.0791. The van der Waals surface area contributed by atoms with Gasteiger partial charge in [-0.3, -0.25) is 4.79 Å². The molecule has 1 aromatic carbocycles. The van der Waals surface area contributed by atoms with E-state index in [0.29, 0.717) is 20.7 Å². The van der Waals surface area contributed by atoms with Crippen molar-refractivity contribution < 1.29 is 4.74 Å². The summed E-state index contributed by atoms with van der Waals surface area (Å²) in [4.78, 5) is 24.7. The van der Waals surface area contributed by atoms with E-state index in [4.69, 9.17) is 4.74 Å². The lowest BCUT2D eigenvalue weighted by atomic mass is 10.2. The summed E-state index contributed by atoms with van der Waals surface area (Å²) in [5.74, 6) is 0. The quantitative estimate of drug-likeness (QED) is 0.477. The normalized spacial score (nSPS) is 15.9. The van der Waals surface area contributed by atoms with Crippen LogP contribution in [0.4, 0.5) is 5.69 Å². The molecular formula is C19H15BrN4O2S. The molecule has 8 heteroatoms. The fourth-order valence-electron chi connectivity index (χ4n) is 3.27. The van der Waals surface area contributed by atoms with Crippen molar-refractivity contribution in [2.75, 3.05) is 31.2 Å². The van der Waals surface area contributed by atoms with Crippen molar-refractivity contribution in [2.45, 2.75) is 0 Å². The number of fused-ring (bicyclic) bond motifs is 3. The van der Waals surface area contributed by atoms with Crippen LogP contribution >= 0.6 is 27.3 Å². The Hall–Kier alpha value is -2.29. The van der Waals surface area contributed by atoms with Crippen molar-refractivity contribution in [3.63, 3.8) is 0 Å². The van der Waals surface area contributed by atoms with E-state index in [9.17, 15) is 4.79 Å². The molecule has 0 amide bonds. The summed E-state index contributed by atoms with van der Waals surface area (Å²) in [5.41, 5.74) is 3.41. The zero-order valence-electron chi connectivity index (χ0n) is 14.3. The molecule has 27 heavy (non-hydrogen) atoms. The number of morpholine rings is 1. The van der Waals surface area contributed by atoms with Gasteiger partial charge in [0.25, 0.3) is 5.56 Å². The number of benzene rings is 1. The third-order valence-corrected chi connectivity index (χ3v) is 6.02. The molecule has 0 bridgehead atoms. The highest BCUT2D eigenvalue weighted by Crippen LogP contribution is 2.19. The fourth-order valence-corrected chi connectivity index (χ4v) is 4.56. The van der Waals surface area contributed by atoms with Crippen molar-refractivity contribution in [3.05, 3.63) is 61.5 Å². The van der Waals surface area contributed by atoms with Crippen LogP contribution < -0.4 is 15.0 Å². The van der Waals surface area contributed by atoms with Crippen LogP contribution in [-0.2, 0) is 4.74 Å².